The Morgan fingerprint density at radius 3 is 2.95 bits per heavy atom. The van der Waals surface area contributed by atoms with Gasteiger partial charge in [0.15, 0.2) is 0 Å². The predicted molar refractivity (Wildman–Crippen MR) is 76.2 cm³/mol. The number of benzene rings is 1. The summed E-state index contributed by atoms with van der Waals surface area (Å²) in [4.78, 5) is 12.4. The van der Waals surface area contributed by atoms with E-state index < -0.39 is 0 Å². The quantitative estimate of drug-likeness (QED) is 0.776. The summed E-state index contributed by atoms with van der Waals surface area (Å²) < 4.78 is 0. The van der Waals surface area contributed by atoms with E-state index >= 15 is 0 Å². The normalized spacial score (nSPS) is 18.4. The summed E-state index contributed by atoms with van der Waals surface area (Å²) in [5.41, 5.74) is 1.74. The highest BCUT2D eigenvalue weighted by Gasteiger charge is 2.29. The van der Waals surface area contributed by atoms with Crippen molar-refractivity contribution < 1.29 is 9.90 Å². The van der Waals surface area contributed by atoms with E-state index in [1.807, 2.05) is 38.1 Å². The molecule has 1 unspecified atom stereocenters. The van der Waals surface area contributed by atoms with Gasteiger partial charge in [-0.05, 0) is 38.3 Å². The minimum Gasteiger partial charge on any atom is -0.396 e. The third kappa shape index (κ3) is 3.26. The van der Waals surface area contributed by atoms with Crippen molar-refractivity contribution in [2.45, 2.75) is 38.1 Å². The van der Waals surface area contributed by atoms with Crippen LogP contribution in [0.5, 0.6) is 0 Å². The van der Waals surface area contributed by atoms with Crippen molar-refractivity contribution in [3.8, 4) is 0 Å². The van der Waals surface area contributed by atoms with Crippen molar-refractivity contribution in [3.63, 3.8) is 0 Å². The molecular formula is C15H22N2O2. The van der Waals surface area contributed by atoms with Crippen LogP contribution in [-0.4, -0.2) is 29.7 Å². The van der Waals surface area contributed by atoms with Gasteiger partial charge in [0.05, 0.1) is 5.92 Å². The van der Waals surface area contributed by atoms with Crippen LogP contribution in [0.25, 0.3) is 0 Å². The minimum absolute atomic E-state index is 0.0485. The lowest BCUT2D eigenvalue weighted by atomic mass is 9.89. The van der Waals surface area contributed by atoms with Gasteiger partial charge in [-0.15, -0.1) is 0 Å². The zero-order chi connectivity index (χ0) is 13.9. The highest BCUT2D eigenvalue weighted by Crippen LogP contribution is 2.31. The van der Waals surface area contributed by atoms with Crippen LogP contribution >= 0.6 is 0 Å². The Morgan fingerprint density at radius 1 is 1.47 bits per heavy atom. The van der Waals surface area contributed by atoms with Gasteiger partial charge >= 0.3 is 0 Å². The Labute approximate surface area is 114 Å². The largest absolute Gasteiger partial charge is 0.396 e. The van der Waals surface area contributed by atoms with E-state index in [2.05, 4.69) is 10.6 Å². The number of carbonyl (C=O) groups is 1. The number of fused-ring (bicyclic) bond motifs is 1. The second-order valence-corrected chi connectivity index (χ2v) is 5.70. The van der Waals surface area contributed by atoms with Gasteiger partial charge in [-0.1, -0.05) is 18.2 Å². The monoisotopic (exact) mass is 262 g/mol. The molecule has 1 aliphatic rings. The Balaban J connectivity index is 2.13. The fraction of sp³-hybridized carbons (Fsp3) is 0.533. The van der Waals surface area contributed by atoms with Crippen LogP contribution in [0.3, 0.4) is 0 Å². The summed E-state index contributed by atoms with van der Waals surface area (Å²) in [6.07, 6.45) is 1.36. The minimum atomic E-state index is -0.369. The van der Waals surface area contributed by atoms with Gasteiger partial charge in [0, 0.05) is 24.4 Å². The number of aliphatic hydroxyl groups is 1. The zero-order valence-corrected chi connectivity index (χ0v) is 11.6. The second-order valence-electron chi connectivity index (χ2n) is 5.70. The Hall–Kier alpha value is -1.55. The molecule has 0 fully saturated rings. The Kier molecular flexibility index (Phi) is 4.10. The van der Waals surface area contributed by atoms with Crippen LogP contribution in [0.1, 0.15) is 38.2 Å². The molecule has 0 saturated heterocycles. The van der Waals surface area contributed by atoms with Gasteiger partial charge in [-0.3, -0.25) is 4.79 Å². The molecule has 1 amide bonds. The fourth-order valence-electron chi connectivity index (χ4n) is 2.50. The number of rotatable bonds is 4. The first kappa shape index (κ1) is 13.9. The first-order chi connectivity index (χ1) is 9.03. The number of amides is 1. The molecule has 19 heavy (non-hydrogen) atoms. The summed E-state index contributed by atoms with van der Waals surface area (Å²) >= 11 is 0. The Morgan fingerprint density at radius 2 is 2.21 bits per heavy atom. The molecule has 0 saturated carbocycles. The van der Waals surface area contributed by atoms with Crippen LogP contribution < -0.4 is 10.6 Å². The third-order valence-electron chi connectivity index (χ3n) is 3.60. The topological polar surface area (TPSA) is 61.4 Å². The van der Waals surface area contributed by atoms with Crippen molar-refractivity contribution >= 4 is 11.6 Å². The van der Waals surface area contributed by atoms with Gasteiger partial charge in [0.25, 0.3) is 0 Å². The molecular weight excluding hydrogens is 240 g/mol. The van der Waals surface area contributed by atoms with Crippen molar-refractivity contribution in [1.82, 2.24) is 5.32 Å². The van der Waals surface area contributed by atoms with E-state index in [0.29, 0.717) is 6.42 Å². The average Bonchev–Trinajstić information content (AvgIpc) is 2.37. The van der Waals surface area contributed by atoms with Crippen molar-refractivity contribution in [1.29, 1.82) is 0 Å². The lowest BCUT2D eigenvalue weighted by Gasteiger charge is -2.31. The van der Waals surface area contributed by atoms with E-state index in [1.54, 1.807) is 0 Å². The van der Waals surface area contributed by atoms with E-state index in [0.717, 1.165) is 24.2 Å². The maximum Gasteiger partial charge on any atom is 0.228 e. The smallest absolute Gasteiger partial charge is 0.228 e. The molecule has 1 aromatic rings. The van der Waals surface area contributed by atoms with Gasteiger partial charge in [0.1, 0.15) is 0 Å². The highest BCUT2D eigenvalue weighted by molar-refractivity contribution is 5.86. The zero-order valence-electron chi connectivity index (χ0n) is 11.6. The van der Waals surface area contributed by atoms with E-state index in [-0.39, 0.29) is 24.0 Å². The summed E-state index contributed by atoms with van der Waals surface area (Å²) in [6.45, 7) is 4.77. The third-order valence-corrected chi connectivity index (χ3v) is 3.60. The van der Waals surface area contributed by atoms with Gasteiger partial charge in [0.2, 0.25) is 5.91 Å². The molecule has 1 heterocycles. The average molecular weight is 262 g/mol. The number of nitrogens with one attached hydrogen (secondary N) is 2. The summed E-state index contributed by atoms with van der Waals surface area (Å²) in [6, 6.07) is 7.95. The Bertz CT molecular complexity index is 457. The maximum absolute atomic E-state index is 12.4. The van der Waals surface area contributed by atoms with E-state index in [1.165, 1.54) is 0 Å². The van der Waals surface area contributed by atoms with Crippen molar-refractivity contribution in [2.75, 3.05) is 18.5 Å². The lowest BCUT2D eigenvalue weighted by molar-refractivity contribution is -0.124. The van der Waals surface area contributed by atoms with Crippen LogP contribution in [0.2, 0.25) is 0 Å². The first-order valence-electron chi connectivity index (χ1n) is 6.79. The molecule has 0 aliphatic carbocycles. The van der Waals surface area contributed by atoms with Gasteiger partial charge in [-0.25, -0.2) is 0 Å². The highest BCUT2D eigenvalue weighted by atomic mass is 16.3. The molecule has 2 rings (SSSR count). The molecule has 1 aromatic carbocycles. The van der Waals surface area contributed by atoms with E-state index in [9.17, 15) is 4.79 Å². The molecule has 104 valence electrons. The predicted octanol–water partition coefficient (Wildman–Crippen LogP) is 1.86. The van der Waals surface area contributed by atoms with Crippen LogP contribution in [0, 0.1) is 0 Å². The molecule has 0 aromatic heterocycles. The molecule has 3 N–H and O–H groups in total. The van der Waals surface area contributed by atoms with Crippen molar-refractivity contribution in [2.24, 2.45) is 0 Å². The van der Waals surface area contributed by atoms with Crippen molar-refractivity contribution in [3.05, 3.63) is 29.8 Å². The summed E-state index contributed by atoms with van der Waals surface area (Å²) in [5.74, 6) is -0.0529. The molecule has 0 bridgehead atoms. The number of anilines is 1. The van der Waals surface area contributed by atoms with Crippen LogP contribution in [0.4, 0.5) is 5.69 Å². The van der Waals surface area contributed by atoms with Gasteiger partial charge in [-0.2, -0.15) is 0 Å². The molecule has 1 atom stereocenters. The summed E-state index contributed by atoms with van der Waals surface area (Å²) in [5, 5.41) is 15.4. The van der Waals surface area contributed by atoms with Crippen LogP contribution in [-0.2, 0) is 4.79 Å². The number of carbonyl (C=O) groups excluding carboxylic acids is 1. The second kappa shape index (κ2) is 5.61. The number of hydrogen-bond acceptors (Lipinski definition) is 3. The number of para-hydroxylation sites is 1. The standard InChI is InChI=1S/C15H22N2O2/c1-15(2,8-10-18)17-14(19)12-7-9-16-13-6-4-3-5-11(12)13/h3-6,12,16,18H,7-10H2,1-2H3,(H,17,19). The molecule has 4 heteroatoms. The molecule has 0 spiro atoms. The number of aliphatic hydroxyl groups excluding tert-OH is 1. The van der Waals surface area contributed by atoms with Gasteiger partial charge < -0.3 is 15.7 Å². The molecule has 0 radical (unpaired) electrons. The molecule has 1 aliphatic heterocycles. The fourth-order valence-corrected chi connectivity index (χ4v) is 2.50. The van der Waals surface area contributed by atoms with E-state index in [4.69, 9.17) is 5.11 Å². The maximum atomic E-state index is 12.4. The number of hydrogen-bond donors (Lipinski definition) is 3. The molecule has 4 nitrogen and oxygen atoms in total. The SMILES string of the molecule is CC(C)(CCO)NC(=O)C1CCNc2ccccc21. The first-order valence-corrected chi connectivity index (χ1v) is 6.79. The van der Waals surface area contributed by atoms with Crippen LogP contribution in [0.15, 0.2) is 24.3 Å². The summed E-state index contributed by atoms with van der Waals surface area (Å²) in [7, 11) is 0. The lowest BCUT2D eigenvalue weighted by Crippen LogP contribution is -2.46.